The van der Waals surface area contributed by atoms with Crippen molar-refractivity contribution in [1.82, 2.24) is 14.9 Å². The zero-order valence-electron chi connectivity index (χ0n) is 11.1. The molecule has 2 atom stereocenters. The zero-order valence-corrected chi connectivity index (χ0v) is 12.7. The molecule has 4 nitrogen and oxygen atoms in total. The van der Waals surface area contributed by atoms with E-state index in [-0.39, 0.29) is 17.9 Å². The minimum absolute atomic E-state index is 0.00250. The minimum atomic E-state index is -0.104. The van der Waals surface area contributed by atoms with Crippen molar-refractivity contribution in [3.05, 3.63) is 22.2 Å². The number of aromatic nitrogens is 2. The van der Waals surface area contributed by atoms with Crippen LogP contribution in [0.25, 0.3) is 0 Å². The Morgan fingerprint density at radius 2 is 2.10 bits per heavy atom. The van der Waals surface area contributed by atoms with Crippen LogP contribution < -0.4 is 0 Å². The third-order valence-electron chi connectivity index (χ3n) is 3.46. The largest absolute Gasteiger partial charge is 0.329 e. The van der Waals surface area contributed by atoms with E-state index in [1.165, 1.54) is 6.07 Å². The first-order valence-corrected chi connectivity index (χ1v) is 7.17. The molecule has 1 fully saturated rings. The number of terminal acetylenes is 1. The number of piperidine rings is 1. The van der Waals surface area contributed by atoms with Crippen LogP contribution in [-0.2, 0) is 11.2 Å². The van der Waals surface area contributed by atoms with Gasteiger partial charge >= 0.3 is 0 Å². The van der Waals surface area contributed by atoms with E-state index in [4.69, 9.17) is 29.6 Å². The molecule has 1 aromatic rings. The fourth-order valence-corrected chi connectivity index (χ4v) is 2.98. The number of carbonyl (C=O) groups excluding carboxylic acids is 1. The van der Waals surface area contributed by atoms with E-state index in [9.17, 15) is 4.79 Å². The first-order chi connectivity index (χ1) is 9.49. The number of hydrogen-bond acceptors (Lipinski definition) is 3. The normalized spacial score (nSPS) is 22.4. The summed E-state index contributed by atoms with van der Waals surface area (Å²) in [5, 5.41) is 0.668. The summed E-state index contributed by atoms with van der Waals surface area (Å²) < 4.78 is 0. The molecule has 0 aliphatic carbocycles. The van der Waals surface area contributed by atoms with Crippen LogP contribution in [0.1, 0.15) is 25.6 Å². The number of amides is 1. The van der Waals surface area contributed by atoms with Crippen molar-refractivity contribution in [1.29, 1.82) is 0 Å². The van der Waals surface area contributed by atoms with E-state index < -0.39 is 0 Å². The molecule has 2 heterocycles. The lowest BCUT2D eigenvalue weighted by Crippen LogP contribution is -2.45. The first-order valence-electron chi connectivity index (χ1n) is 6.42. The maximum Gasteiger partial charge on any atom is 0.220 e. The summed E-state index contributed by atoms with van der Waals surface area (Å²) in [7, 11) is 0. The lowest BCUT2D eigenvalue weighted by molar-refractivity contribution is -0.132. The highest BCUT2D eigenvalue weighted by Gasteiger charge is 2.29. The van der Waals surface area contributed by atoms with Gasteiger partial charge in [-0.1, -0.05) is 29.1 Å². The van der Waals surface area contributed by atoms with E-state index >= 15 is 0 Å². The van der Waals surface area contributed by atoms with Crippen molar-refractivity contribution in [3.8, 4) is 12.3 Å². The number of likely N-dealkylation sites (tertiary alicyclic amines) is 1. The Bertz CT molecular complexity index is 536. The molecule has 1 aliphatic heterocycles. The molecule has 1 aromatic heterocycles. The van der Waals surface area contributed by atoms with Gasteiger partial charge in [0.15, 0.2) is 0 Å². The maximum absolute atomic E-state index is 11.6. The Morgan fingerprint density at radius 3 is 2.65 bits per heavy atom. The SMILES string of the molecule is C#C[C@H]1CC[C@@H](Cc2nc(Cl)cc(Cl)n2)CN1C(C)=O. The Morgan fingerprint density at radius 1 is 1.45 bits per heavy atom. The predicted molar refractivity (Wildman–Crippen MR) is 78.5 cm³/mol. The topological polar surface area (TPSA) is 46.1 Å². The fraction of sp³-hybridized carbons (Fsp3) is 0.500. The van der Waals surface area contributed by atoms with Crippen LogP contribution in [-0.4, -0.2) is 33.4 Å². The minimum Gasteiger partial charge on any atom is -0.329 e. The van der Waals surface area contributed by atoms with Gasteiger partial charge in [-0.25, -0.2) is 9.97 Å². The third kappa shape index (κ3) is 3.62. The van der Waals surface area contributed by atoms with Gasteiger partial charge in [-0.2, -0.15) is 0 Å². The molecule has 1 aliphatic rings. The van der Waals surface area contributed by atoms with Gasteiger partial charge in [0.2, 0.25) is 5.91 Å². The second-order valence-corrected chi connectivity index (χ2v) is 5.71. The van der Waals surface area contributed by atoms with E-state index in [1.807, 2.05) is 0 Å². The van der Waals surface area contributed by atoms with Crippen molar-refractivity contribution in [3.63, 3.8) is 0 Å². The molecule has 2 rings (SSSR count). The van der Waals surface area contributed by atoms with Crippen LogP contribution in [0.3, 0.4) is 0 Å². The Labute approximate surface area is 128 Å². The van der Waals surface area contributed by atoms with E-state index in [0.29, 0.717) is 29.1 Å². The van der Waals surface area contributed by atoms with E-state index in [0.717, 1.165) is 12.8 Å². The third-order valence-corrected chi connectivity index (χ3v) is 3.84. The fourth-order valence-electron chi connectivity index (χ4n) is 2.52. The van der Waals surface area contributed by atoms with Gasteiger partial charge in [-0.15, -0.1) is 6.42 Å². The lowest BCUT2D eigenvalue weighted by atomic mass is 9.90. The van der Waals surface area contributed by atoms with Gasteiger partial charge in [0.1, 0.15) is 16.1 Å². The number of hydrogen-bond donors (Lipinski definition) is 0. The van der Waals surface area contributed by atoms with E-state index in [1.54, 1.807) is 11.8 Å². The van der Waals surface area contributed by atoms with Crippen LogP contribution in [0.2, 0.25) is 10.3 Å². The molecule has 0 radical (unpaired) electrons. The van der Waals surface area contributed by atoms with Crippen LogP contribution in [0, 0.1) is 18.3 Å². The summed E-state index contributed by atoms with van der Waals surface area (Å²) >= 11 is 11.7. The summed E-state index contributed by atoms with van der Waals surface area (Å²) in [5.74, 6) is 3.55. The molecule has 20 heavy (non-hydrogen) atoms. The first kappa shape index (κ1) is 15.1. The summed E-state index contributed by atoms with van der Waals surface area (Å²) in [6.07, 6.45) is 7.84. The highest BCUT2D eigenvalue weighted by Crippen LogP contribution is 2.25. The van der Waals surface area contributed by atoms with Gasteiger partial charge in [-0.05, 0) is 18.8 Å². The summed E-state index contributed by atoms with van der Waals surface area (Å²) in [4.78, 5) is 21.7. The van der Waals surface area contributed by atoms with Crippen molar-refractivity contribution < 1.29 is 4.79 Å². The molecule has 0 aromatic carbocycles. The number of carbonyl (C=O) groups is 1. The number of rotatable bonds is 2. The van der Waals surface area contributed by atoms with Crippen LogP contribution in [0.4, 0.5) is 0 Å². The van der Waals surface area contributed by atoms with Gasteiger partial charge in [0.25, 0.3) is 0 Å². The Kier molecular flexibility index (Phi) is 4.85. The molecule has 1 saturated heterocycles. The van der Waals surface area contributed by atoms with Crippen molar-refractivity contribution in [2.24, 2.45) is 5.92 Å². The summed E-state index contributed by atoms with van der Waals surface area (Å²) in [6, 6.07) is 1.40. The van der Waals surface area contributed by atoms with E-state index in [2.05, 4.69) is 15.9 Å². The van der Waals surface area contributed by atoms with Crippen LogP contribution in [0.5, 0.6) is 0 Å². The molecule has 0 unspecified atom stereocenters. The predicted octanol–water partition coefficient (Wildman–Crippen LogP) is 2.59. The summed E-state index contributed by atoms with van der Waals surface area (Å²) in [6.45, 7) is 2.16. The Balaban J connectivity index is 2.07. The molecule has 0 N–H and O–H groups in total. The average Bonchev–Trinajstić information content (AvgIpc) is 2.37. The molecule has 106 valence electrons. The van der Waals surface area contributed by atoms with Gasteiger partial charge < -0.3 is 4.90 Å². The van der Waals surface area contributed by atoms with Gasteiger partial charge in [0.05, 0.1) is 6.04 Å². The second kappa shape index (κ2) is 6.43. The summed E-state index contributed by atoms with van der Waals surface area (Å²) in [5.41, 5.74) is 0. The molecule has 0 saturated carbocycles. The molecule has 0 bridgehead atoms. The lowest BCUT2D eigenvalue weighted by Gasteiger charge is -2.36. The van der Waals surface area contributed by atoms with Crippen LogP contribution >= 0.6 is 23.2 Å². The zero-order chi connectivity index (χ0) is 14.7. The van der Waals surface area contributed by atoms with Gasteiger partial charge in [0, 0.05) is 26.0 Å². The highest BCUT2D eigenvalue weighted by atomic mass is 35.5. The monoisotopic (exact) mass is 311 g/mol. The number of halogens is 2. The van der Waals surface area contributed by atoms with Crippen LogP contribution in [0.15, 0.2) is 6.07 Å². The molecule has 1 amide bonds. The van der Waals surface area contributed by atoms with Crippen molar-refractivity contribution in [2.75, 3.05) is 6.54 Å². The van der Waals surface area contributed by atoms with Crippen molar-refractivity contribution in [2.45, 2.75) is 32.2 Å². The van der Waals surface area contributed by atoms with Crippen molar-refractivity contribution >= 4 is 29.1 Å². The molecular formula is C14H15Cl2N3O. The maximum atomic E-state index is 11.6. The second-order valence-electron chi connectivity index (χ2n) is 4.93. The van der Waals surface area contributed by atoms with Gasteiger partial charge in [-0.3, -0.25) is 4.79 Å². The average molecular weight is 312 g/mol. The molecule has 6 heteroatoms. The smallest absolute Gasteiger partial charge is 0.220 e. The number of nitrogens with zero attached hydrogens (tertiary/aromatic N) is 3. The highest BCUT2D eigenvalue weighted by molar-refractivity contribution is 6.33. The Hall–Kier alpha value is -1.31. The molecular weight excluding hydrogens is 297 g/mol. The quantitative estimate of drug-likeness (QED) is 0.623. The molecule has 0 spiro atoms. The standard InChI is InChI=1S/C14H15Cl2N3O/c1-3-11-5-4-10(8-19(11)9(2)20)6-14-17-12(15)7-13(16)18-14/h1,7,10-11H,4-6,8H2,2H3/t10-,11-/m0/s1.